The first kappa shape index (κ1) is 12.7. The number of benzene rings is 1. The molecule has 0 saturated carbocycles. The van der Waals surface area contributed by atoms with Crippen LogP contribution in [0, 0.1) is 6.92 Å². The summed E-state index contributed by atoms with van der Waals surface area (Å²) in [7, 11) is 1.33. The van der Waals surface area contributed by atoms with Gasteiger partial charge in [-0.3, -0.25) is 0 Å². The SMILES string of the molecule is COC(=O)c1nc2cc(C)ccc2nc1-c1nccs1. The molecule has 2 aromatic heterocycles. The largest absolute Gasteiger partial charge is 0.464 e. The number of ether oxygens (including phenoxy) is 1. The van der Waals surface area contributed by atoms with Gasteiger partial charge in [-0.15, -0.1) is 11.3 Å². The highest BCUT2D eigenvalue weighted by Crippen LogP contribution is 2.25. The van der Waals surface area contributed by atoms with Gasteiger partial charge >= 0.3 is 5.97 Å². The van der Waals surface area contributed by atoms with E-state index in [2.05, 4.69) is 15.0 Å². The van der Waals surface area contributed by atoms with Gasteiger partial charge in [0.1, 0.15) is 10.7 Å². The van der Waals surface area contributed by atoms with Crippen molar-refractivity contribution in [3.05, 3.63) is 41.0 Å². The van der Waals surface area contributed by atoms with Crippen molar-refractivity contribution in [1.29, 1.82) is 0 Å². The van der Waals surface area contributed by atoms with Gasteiger partial charge in [-0.1, -0.05) is 6.07 Å². The lowest BCUT2D eigenvalue weighted by Crippen LogP contribution is -2.08. The van der Waals surface area contributed by atoms with Gasteiger partial charge < -0.3 is 4.74 Å². The zero-order valence-electron chi connectivity index (χ0n) is 11.0. The van der Waals surface area contributed by atoms with Crippen LogP contribution in [0.15, 0.2) is 29.8 Å². The van der Waals surface area contributed by atoms with Crippen molar-refractivity contribution in [3.8, 4) is 10.7 Å². The summed E-state index contributed by atoms with van der Waals surface area (Å²) < 4.78 is 4.79. The highest BCUT2D eigenvalue weighted by atomic mass is 32.1. The summed E-state index contributed by atoms with van der Waals surface area (Å²) in [4.78, 5) is 25.0. The number of hydrogen-bond acceptors (Lipinski definition) is 6. The highest BCUT2D eigenvalue weighted by Gasteiger charge is 2.19. The number of rotatable bonds is 2. The van der Waals surface area contributed by atoms with Gasteiger partial charge in [0.05, 0.1) is 18.1 Å². The summed E-state index contributed by atoms with van der Waals surface area (Å²) >= 11 is 1.41. The molecular weight excluding hydrogens is 274 g/mol. The number of aromatic nitrogens is 3. The van der Waals surface area contributed by atoms with E-state index < -0.39 is 5.97 Å². The van der Waals surface area contributed by atoms with Crippen LogP contribution in [0.1, 0.15) is 16.1 Å². The topological polar surface area (TPSA) is 65.0 Å². The van der Waals surface area contributed by atoms with Gasteiger partial charge in [0.2, 0.25) is 0 Å². The average molecular weight is 285 g/mol. The fraction of sp³-hybridized carbons (Fsp3) is 0.143. The lowest BCUT2D eigenvalue weighted by molar-refractivity contribution is 0.0595. The predicted molar refractivity (Wildman–Crippen MR) is 76.7 cm³/mol. The Morgan fingerprint density at radius 1 is 1.25 bits per heavy atom. The van der Waals surface area contributed by atoms with Crippen molar-refractivity contribution in [3.63, 3.8) is 0 Å². The van der Waals surface area contributed by atoms with Crippen molar-refractivity contribution in [2.75, 3.05) is 7.11 Å². The van der Waals surface area contributed by atoms with Crippen molar-refractivity contribution in [2.24, 2.45) is 0 Å². The minimum atomic E-state index is -0.508. The van der Waals surface area contributed by atoms with Crippen LogP contribution in [0.4, 0.5) is 0 Å². The Bertz CT molecular complexity index is 784. The monoisotopic (exact) mass is 285 g/mol. The Morgan fingerprint density at radius 3 is 2.80 bits per heavy atom. The molecule has 5 nitrogen and oxygen atoms in total. The van der Waals surface area contributed by atoms with E-state index in [-0.39, 0.29) is 5.69 Å². The van der Waals surface area contributed by atoms with Crippen LogP contribution in [-0.2, 0) is 4.74 Å². The summed E-state index contributed by atoms with van der Waals surface area (Å²) in [5, 5.41) is 2.48. The van der Waals surface area contributed by atoms with Crippen molar-refractivity contribution < 1.29 is 9.53 Å². The molecule has 100 valence electrons. The van der Waals surface area contributed by atoms with Crippen LogP contribution in [0.5, 0.6) is 0 Å². The van der Waals surface area contributed by atoms with Gasteiger partial charge in [0, 0.05) is 11.6 Å². The zero-order chi connectivity index (χ0) is 14.1. The maximum Gasteiger partial charge on any atom is 0.359 e. The number of carbonyl (C=O) groups excluding carboxylic acids is 1. The molecule has 0 radical (unpaired) electrons. The summed E-state index contributed by atoms with van der Waals surface area (Å²) in [6.45, 7) is 1.97. The molecule has 0 bridgehead atoms. The summed E-state index contributed by atoms with van der Waals surface area (Å²) in [6, 6.07) is 5.73. The summed E-state index contributed by atoms with van der Waals surface area (Å²) in [5.74, 6) is -0.508. The lowest BCUT2D eigenvalue weighted by atomic mass is 10.2. The second-order valence-corrected chi connectivity index (χ2v) is 5.14. The molecule has 0 unspecified atom stereocenters. The first-order chi connectivity index (χ1) is 9.69. The van der Waals surface area contributed by atoms with Crippen LogP contribution >= 0.6 is 11.3 Å². The van der Waals surface area contributed by atoms with E-state index in [0.717, 1.165) is 11.1 Å². The van der Waals surface area contributed by atoms with E-state index in [1.165, 1.54) is 18.4 Å². The molecule has 6 heteroatoms. The third-order valence-corrected chi connectivity index (χ3v) is 3.61. The van der Waals surface area contributed by atoms with Gasteiger partial charge in [-0.2, -0.15) is 0 Å². The average Bonchev–Trinajstić information content (AvgIpc) is 2.99. The molecule has 3 aromatic rings. The third-order valence-electron chi connectivity index (χ3n) is 2.83. The summed E-state index contributed by atoms with van der Waals surface area (Å²) in [6.07, 6.45) is 1.67. The van der Waals surface area contributed by atoms with Crippen LogP contribution < -0.4 is 0 Å². The first-order valence-corrected chi connectivity index (χ1v) is 6.83. The molecule has 0 atom stereocenters. The van der Waals surface area contributed by atoms with E-state index >= 15 is 0 Å². The van der Waals surface area contributed by atoms with Crippen molar-refractivity contribution in [2.45, 2.75) is 6.92 Å². The molecule has 0 fully saturated rings. The molecular formula is C14H11N3O2S. The highest BCUT2D eigenvalue weighted by molar-refractivity contribution is 7.13. The smallest absolute Gasteiger partial charge is 0.359 e. The number of nitrogens with zero attached hydrogens (tertiary/aromatic N) is 3. The maximum absolute atomic E-state index is 11.9. The van der Waals surface area contributed by atoms with E-state index in [0.29, 0.717) is 16.2 Å². The van der Waals surface area contributed by atoms with Crippen LogP contribution in [-0.4, -0.2) is 28.0 Å². The Kier molecular flexibility index (Phi) is 3.15. The predicted octanol–water partition coefficient (Wildman–Crippen LogP) is 2.85. The molecule has 0 aliphatic rings. The zero-order valence-corrected chi connectivity index (χ0v) is 11.8. The second-order valence-electron chi connectivity index (χ2n) is 4.24. The number of fused-ring (bicyclic) bond motifs is 1. The molecule has 1 aromatic carbocycles. The van der Waals surface area contributed by atoms with E-state index in [1.54, 1.807) is 6.20 Å². The van der Waals surface area contributed by atoms with Crippen molar-refractivity contribution >= 4 is 28.3 Å². The summed E-state index contributed by atoms with van der Waals surface area (Å²) in [5.41, 5.74) is 3.12. The quantitative estimate of drug-likeness (QED) is 0.677. The Balaban J connectivity index is 2.31. The third kappa shape index (κ3) is 2.14. The van der Waals surface area contributed by atoms with Crippen molar-refractivity contribution in [1.82, 2.24) is 15.0 Å². The van der Waals surface area contributed by atoms with Gasteiger partial charge in [0.25, 0.3) is 0 Å². The number of esters is 1. The molecule has 0 spiro atoms. The maximum atomic E-state index is 11.9. The molecule has 0 aliphatic carbocycles. The minimum absolute atomic E-state index is 0.195. The number of hydrogen-bond donors (Lipinski definition) is 0. The fourth-order valence-corrected chi connectivity index (χ4v) is 2.52. The molecule has 20 heavy (non-hydrogen) atoms. The molecule has 3 rings (SSSR count). The van der Waals surface area contributed by atoms with Crippen LogP contribution in [0.25, 0.3) is 21.7 Å². The first-order valence-electron chi connectivity index (χ1n) is 5.95. The van der Waals surface area contributed by atoms with Gasteiger partial charge in [0.15, 0.2) is 5.69 Å². The number of aryl methyl sites for hydroxylation is 1. The lowest BCUT2D eigenvalue weighted by Gasteiger charge is -2.06. The van der Waals surface area contributed by atoms with Crippen LogP contribution in [0.3, 0.4) is 0 Å². The molecule has 2 heterocycles. The van der Waals surface area contributed by atoms with Gasteiger partial charge in [-0.25, -0.2) is 19.7 Å². The van der Waals surface area contributed by atoms with E-state index in [1.807, 2.05) is 30.5 Å². The fourth-order valence-electron chi connectivity index (χ4n) is 1.89. The standard InChI is InChI=1S/C14H11N3O2S/c1-8-3-4-9-10(7-8)17-12(14(18)19-2)11(16-9)13-15-5-6-20-13/h3-7H,1-2H3. The molecule has 0 aliphatic heterocycles. The number of carbonyl (C=O) groups is 1. The Hall–Kier alpha value is -2.34. The molecule has 0 saturated heterocycles. The second kappa shape index (κ2) is 4.97. The van der Waals surface area contributed by atoms with E-state index in [4.69, 9.17) is 4.74 Å². The Labute approximate surface area is 119 Å². The minimum Gasteiger partial charge on any atom is -0.464 e. The Morgan fingerprint density at radius 2 is 2.10 bits per heavy atom. The molecule has 0 N–H and O–H groups in total. The number of thiazole rings is 1. The van der Waals surface area contributed by atoms with E-state index in [9.17, 15) is 4.79 Å². The normalized spacial score (nSPS) is 10.7. The number of methoxy groups -OCH3 is 1. The molecule has 0 amide bonds. The van der Waals surface area contributed by atoms with Gasteiger partial charge in [-0.05, 0) is 24.6 Å². The van der Waals surface area contributed by atoms with Crippen LogP contribution in [0.2, 0.25) is 0 Å².